The third kappa shape index (κ3) is 6.02. The Balaban J connectivity index is 1.15. The lowest BCUT2D eigenvalue weighted by Crippen LogP contribution is -2.39. The van der Waals surface area contributed by atoms with Gasteiger partial charge in [0.1, 0.15) is 12.0 Å². The Bertz CT molecular complexity index is 1850. The van der Waals surface area contributed by atoms with Gasteiger partial charge in [-0.15, -0.1) is 0 Å². The monoisotopic (exact) mass is 596 g/mol. The van der Waals surface area contributed by atoms with Crippen molar-refractivity contribution in [3.63, 3.8) is 0 Å². The van der Waals surface area contributed by atoms with Crippen molar-refractivity contribution >= 4 is 40.1 Å². The summed E-state index contributed by atoms with van der Waals surface area (Å²) in [5.41, 5.74) is 3.79. The number of rotatable bonds is 7. The van der Waals surface area contributed by atoms with Crippen LogP contribution in [0.2, 0.25) is 5.02 Å². The molecule has 0 spiro atoms. The third-order valence-corrected chi connectivity index (χ3v) is 8.02. The second kappa shape index (κ2) is 12.1. The second-order valence-electron chi connectivity index (χ2n) is 10.7. The molecule has 0 aliphatic heterocycles. The molecule has 4 heterocycles. The Hall–Kier alpha value is -4.90. The molecule has 4 aromatic heterocycles. The van der Waals surface area contributed by atoms with Crippen molar-refractivity contribution in [1.29, 1.82) is 0 Å². The summed E-state index contributed by atoms with van der Waals surface area (Å²) in [5.74, 6) is -0.283. The summed E-state index contributed by atoms with van der Waals surface area (Å²) in [6.07, 6.45) is 10.8. The van der Waals surface area contributed by atoms with E-state index in [1.54, 1.807) is 29.7 Å². The largest absolute Gasteiger partial charge is 0.349 e. The Morgan fingerprint density at radius 2 is 1.67 bits per heavy atom. The number of amides is 2. The van der Waals surface area contributed by atoms with Crippen LogP contribution in [0.4, 0.5) is 5.69 Å². The Kier molecular flexibility index (Phi) is 7.97. The van der Waals surface area contributed by atoms with Gasteiger partial charge >= 0.3 is 5.69 Å². The highest BCUT2D eigenvalue weighted by atomic mass is 35.5. The van der Waals surface area contributed by atoms with E-state index in [9.17, 15) is 14.4 Å². The van der Waals surface area contributed by atoms with Crippen LogP contribution in [0.1, 0.15) is 52.2 Å². The maximum Gasteiger partial charge on any atom is 0.333 e. The van der Waals surface area contributed by atoms with E-state index in [0.717, 1.165) is 36.7 Å². The van der Waals surface area contributed by atoms with E-state index in [1.807, 2.05) is 28.8 Å². The first-order chi connectivity index (χ1) is 20.9. The summed E-state index contributed by atoms with van der Waals surface area (Å²) in [5, 5.41) is 6.26. The summed E-state index contributed by atoms with van der Waals surface area (Å²) in [6, 6.07) is 12.7. The molecule has 1 aromatic carbocycles. The molecule has 11 nitrogen and oxygen atoms in total. The quantitative estimate of drug-likeness (QED) is 0.281. The molecule has 1 aliphatic carbocycles. The smallest absolute Gasteiger partial charge is 0.333 e. The van der Waals surface area contributed by atoms with E-state index in [2.05, 4.69) is 30.6 Å². The van der Waals surface area contributed by atoms with Gasteiger partial charge in [-0.05, 0) is 68.9 Å². The minimum atomic E-state index is -0.401. The predicted octanol–water partition coefficient (Wildman–Crippen LogP) is 4.58. The third-order valence-electron chi connectivity index (χ3n) is 7.81. The minimum absolute atomic E-state index is 0.0522. The zero-order valence-electron chi connectivity index (χ0n) is 23.4. The molecule has 1 saturated carbocycles. The van der Waals surface area contributed by atoms with E-state index in [0.29, 0.717) is 34.2 Å². The van der Waals surface area contributed by atoms with E-state index in [1.165, 1.54) is 31.1 Å². The van der Waals surface area contributed by atoms with E-state index >= 15 is 0 Å². The molecule has 12 heteroatoms. The average Bonchev–Trinajstić information content (AvgIpc) is 3.30. The fraction of sp³-hybridized carbons (Fsp3) is 0.258. The van der Waals surface area contributed by atoms with Gasteiger partial charge in [-0.3, -0.25) is 23.7 Å². The summed E-state index contributed by atoms with van der Waals surface area (Å²) < 4.78 is 3.44. The minimum Gasteiger partial charge on any atom is -0.349 e. The van der Waals surface area contributed by atoms with Crippen LogP contribution >= 0.6 is 11.6 Å². The van der Waals surface area contributed by atoms with Crippen molar-refractivity contribution < 1.29 is 9.59 Å². The standard InChI is InChI=1S/C31H29ClN8O3/c1-19-25(12-21(32)13-35-19)29(41)37-22-8-6-20(7-9-22)17-39-27-4-2-3-5-28(27)40(31(39)43)24-10-11-26(36-16-24)30(42)38-23-14-33-18-34-15-23/h2-5,10-16,18,20,22H,6-9,17H2,1H3,(H,37,41)(H,38,42)/t20-,22-. The number of benzene rings is 1. The number of aromatic nitrogens is 6. The molecule has 0 bridgehead atoms. The number of carbonyl (C=O) groups is 2. The highest BCUT2D eigenvalue weighted by Crippen LogP contribution is 2.28. The van der Waals surface area contributed by atoms with Crippen LogP contribution in [0, 0.1) is 12.8 Å². The number of hydrogen-bond acceptors (Lipinski definition) is 7. The molecule has 1 fully saturated rings. The Labute approximate surface area is 252 Å². The van der Waals surface area contributed by atoms with Crippen molar-refractivity contribution in [3.05, 3.63) is 106 Å². The number of fused-ring (bicyclic) bond motifs is 1. The van der Waals surface area contributed by atoms with Crippen LogP contribution in [0.5, 0.6) is 0 Å². The number of nitrogens with zero attached hydrogens (tertiary/aromatic N) is 6. The molecular formula is C31H29ClN8O3. The molecule has 218 valence electrons. The van der Waals surface area contributed by atoms with Gasteiger partial charge in [0, 0.05) is 18.8 Å². The topological polar surface area (TPSA) is 137 Å². The van der Waals surface area contributed by atoms with Crippen LogP contribution in [0.3, 0.4) is 0 Å². The molecule has 5 aromatic rings. The summed E-state index contributed by atoms with van der Waals surface area (Å²) >= 11 is 6.05. The SMILES string of the molecule is Cc1ncc(Cl)cc1C(=O)N[C@H]1CC[C@H](Cn2c(=O)n(-c3ccc(C(=O)Nc4cncnc4)nc3)c3ccccc32)CC1. The van der Waals surface area contributed by atoms with Gasteiger partial charge in [-0.25, -0.2) is 19.7 Å². The molecule has 2 amide bonds. The average molecular weight is 597 g/mol. The number of nitrogens with one attached hydrogen (secondary N) is 2. The van der Waals surface area contributed by atoms with Crippen molar-refractivity contribution in [2.24, 2.45) is 5.92 Å². The fourth-order valence-electron chi connectivity index (χ4n) is 5.59. The molecule has 43 heavy (non-hydrogen) atoms. The summed E-state index contributed by atoms with van der Waals surface area (Å²) in [4.78, 5) is 55.5. The molecular weight excluding hydrogens is 568 g/mol. The molecule has 0 atom stereocenters. The number of hydrogen-bond donors (Lipinski definition) is 2. The highest BCUT2D eigenvalue weighted by molar-refractivity contribution is 6.30. The first-order valence-electron chi connectivity index (χ1n) is 14.0. The van der Waals surface area contributed by atoms with Crippen molar-refractivity contribution in [1.82, 2.24) is 34.4 Å². The molecule has 2 N–H and O–H groups in total. The zero-order valence-corrected chi connectivity index (χ0v) is 24.2. The highest BCUT2D eigenvalue weighted by Gasteiger charge is 2.26. The van der Waals surface area contributed by atoms with Gasteiger partial charge in [0.2, 0.25) is 0 Å². The Morgan fingerprint density at radius 3 is 2.40 bits per heavy atom. The number of pyridine rings is 2. The number of carbonyl (C=O) groups excluding carboxylic acids is 2. The second-order valence-corrected chi connectivity index (χ2v) is 11.1. The van der Waals surface area contributed by atoms with Crippen LogP contribution in [-0.4, -0.2) is 46.9 Å². The van der Waals surface area contributed by atoms with E-state index < -0.39 is 5.91 Å². The van der Waals surface area contributed by atoms with Gasteiger partial charge in [-0.2, -0.15) is 0 Å². The van der Waals surface area contributed by atoms with Crippen LogP contribution in [0.25, 0.3) is 16.7 Å². The number of aryl methyl sites for hydroxylation is 1. The van der Waals surface area contributed by atoms with E-state index in [-0.39, 0.29) is 29.3 Å². The molecule has 6 rings (SSSR count). The van der Waals surface area contributed by atoms with Crippen molar-refractivity contribution in [3.8, 4) is 5.69 Å². The molecule has 0 saturated heterocycles. The van der Waals surface area contributed by atoms with Gasteiger partial charge < -0.3 is 10.6 Å². The molecule has 0 radical (unpaired) electrons. The molecule has 1 aliphatic rings. The summed E-state index contributed by atoms with van der Waals surface area (Å²) in [7, 11) is 0. The van der Waals surface area contributed by atoms with Gasteiger partial charge in [0.05, 0.1) is 57.3 Å². The molecule has 0 unspecified atom stereocenters. The van der Waals surface area contributed by atoms with Gasteiger partial charge in [-0.1, -0.05) is 23.7 Å². The lowest BCUT2D eigenvalue weighted by atomic mass is 9.85. The fourth-order valence-corrected chi connectivity index (χ4v) is 5.75. The van der Waals surface area contributed by atoms with Gasteiger partial charge in [0.25, 0.3) is 11.8 Å². The summed E-state index contributed by atoms with van der Waals surface area (Å²) in [6.45, 7) is 2.36. The maximum atomic E-state index is 13.8. The number of para-hydroxylation sites is 2. The van der Waals surface area contributed by atoms with Crippen LogP contribution in [-0.2, 0) is 6.54 Å². The van der Waals surface area contributed by atoms with Crippen LogP contribution < -0.4 is 16.3 Å². The van der Waals surface area contributed by atoms with Crippen molar-refractivity contribution in [2.45, 2.75) is 45.2 Å². The van der Waals surface area contributed by atoms with Crippen LogP contribution in [0.15, 0.2) is 78.4 Å². The normalized spacial score (nSPS) is 16.6. The lowest BCUT2D eigenvalue weighted by molar-refractivity contribution is 0.0918. The number of halogens is 1. The number of imidazole rings is 1. The lowest BCUT2D eigenvalue weighted by Gasteiger charge is -2.29. The Morgan fingerprint density at radius 1 is 0.930 bits per heavy atom. The first kappa shape index (κ1) is 28.2. The zero-order chi connectivity index (χ0) is 29.9. The first-order valence-corrected chi connectivity index (χ1v) is 14.4. The maximum absolute atomic E-state index is 13.8. The number of anilines is 1. The van der Waals surface area contributed by atoms with Gasteiger partial charge in [0.15, 0.2) is 0 Å². The predicted molar refractivity (Wildman–Crippen MR) is 163 cm³/mol. The van der Waals surface area contributed by atoms with Crippen molar-refractivity contribution in [2.75, 3.05) is 5.32 Å². The van der Waals surface area contributed by atoms with E-state index in [4.69, 9.17) is 11.6 Å².